The fourth-order valence-corrected chi connectivity index (χ4v) is 3.84. The minimum atomic E-state index is -0.540. The molecule has 0 spiro atoms. The first kappa shape index (κ1) is 22.4. The van der Waals surface area contributed by atoms with Gasteiger partial charge in [0.1, 0.15) is 5.75 Å². The van der Waals surface area contributed by atoms with E-state index in [4.69, 9.17) is 4.74 Å². The number of nitrogens with one attached hydrogen (secondary N) is 1. The van der Waals surface area contributed by atoms with Gasteiger partial charge in [-0.2, -0.15) is 0 Å². The zero-order valence-corrected chi connectivity index (χ0v) is 18.9. The van der Waals surface area contributed by atoms with Crippen LogP contribution in [0.25, 0.3) is 0 Å². The second kappa shape index (κ2) is 10.1. The van der Waals surface area contributed by atoms with Gasteiger partial charge in [-0.15, -0.1) is 0 Å². The van der Waals surface area contributed by atoms with E-state index in [1.807, 2.05) is 12.1 Å². The van der Waals surface area contributed by atoms with Crippen molar-refractivity contribution in [2.45, 2.75) is 71.6 Å². The van der Waals surface area contributed by atoms with Gasteiger partial charge < -0.3 is 10.1 Å². The van der Waals surface area contributed by atoms with Crippen molar-refractivity contribution in [2.24, 2.45) is 0 Å². The zero-order chi connectivity index (χ0) is 21.6. The van der Waals surface area contributed by atoms with Gasteiger partial charge >= 0.3 is 0 Å². The summed E-state index contributed by atoms with van der Waals surface area (Å²) in [7, 11) is 0. The molecule has 0 saturated carbocycles. The number of carbonyl (C=O) groups excluding carboxylic acids is 1. The first-order chi connectivity index (χ1) is 14.3. The molecule has 1 saturated heterocycles. The summed E-state index contributed by atoms with van der Waals surface area (Å²) in [5.41, 5.74) is 3.78. The Kier molecular flexibility index (Phi) is 7.54. The smallest absolute Gasteiger partial charge is 0.261 e. The number of piperidine rings is 1. The molecule has 1 amide bonds. The minimum Gasteiger partial charge on any atom is -0.481 e. The lowest BCUT2D eigenvalue weighted by Crippen LogP contribution is -2.36. The van der Waals surface area contributed by atoms with Gasteiger partial charge in [0.25, 0.3) is 5.91 Å². The maximum absolute atomic E-state index is 12.5. The molecule has 2 aromatic carbocycles. The normalized spacial score (nSPS) is 16.1. The molecule has 3 rings (SSSR count). The number of amides is 1. The standard InChI is InChI=1S/C26H36N2O2/c1-20(30-24-13-11-23(12-14-24)26(2,3)4)25(29)27-18-21-9-8-10-22(17-21)19-28-15-6-5-7-16-28/h8-14,17,20H,5-7,15-16,18-19H2,1-4H3,(H,27,29). The van der Waals surface area contributed by atoms with Crippen molar-refractivity contribution >= 4 is 5.91 Å². The van der Waals surface area contributed by atoms with E-state index in [9.17, 15) is 4.79 Å². The Labute approximate surface area is 181 Å². The molecular formula is C26H36N2O2. The lowest BCUT2D eigenvalue weighted by molar-refractivity contribution is -0.127. The summed E-state index contributed by atoms with van der Waals surface area (Å²) in [5.74, 6) is 0.616. The van der Waals surface area contributed by atoms with E-state index in [1.54, 1.807) is 6.92 Å². The number of benzene rings is 2. The fourth-order valence-electron chi connectivity index (χ4n) is 3.84. The number of nitrogens with zero attached hydrogens (tertiary/aromatic N) is 1. The van der Waals surface area contributed by atoms with Crippen molar-refractivity contribution in [1.82, 2.24) is 10.2 Å². The van der Waals surface area contributed by atoms with Crippen LogP contribution < -0.4 is 10.1 Å². The van der Waals surface area contributed by atoms with Crippen molar-refractivity contribution in [3.63, 3.8) is 0 Å². The van der Waals surface area contributed by atoms with Gasteiger partial charge in [0.2, 0.25) is 0 Å². The van der Waals surface area contributed by atoms with Gasteiger partial charge in [-0.05, 0) is 67.1 Å². The van der Waals surface area contributed by atoms with Crippen molar-refractivity contribution in [3.05, 3.63) is 65.2 Å². The molecule has 1 aliphatic heterocycles. The Hall–Kier alpha value is -2.33. The van der Waals surface area contributed by atoms with Gasteiger partial charge in [-0.3, -0.25) is 9.69 Å². The highest BCUT2D eigenvalue weighted by atomic mass is 16.5. The summed E-state index contributed by atoms with van der Waals surface area (Å²) in [4.78, 5) is 15.0. The fraction of sp³-hybridized carbons (Fsp3) is 0.500. The Balaban J connectivity index is 1.49. The number of carbonyl (C=O) groups is 1. The Morgan fingerprint density at radius 1 is 1.03 bits per heavy atom. The van der Waals surface area contributed by atoms with Crippen LogP contribution >= 0.6 is 0 Å². The molecule has 1 heterocycles. The highest BCUT2D eigenvalue weighted by Crippen LogP contribution is 2.24. The van der Waals surface area contributed by atoms with Crippen LogP contribution in [0.2, 0.25) is 0 Å². The molecule has 0 aromatic heterocycles. The highest BCUT2D eigenvalue weighted by Gasteiger charge is 2.17. The van der Waals surface area contributed by atoms with Gasteiger partial charge in [-0.1, -0.05) is 63.6 Å². The molecule has 1 fully saturated rings. The minimum absolute atomic E-state index is 0.101. The van der Waals surface area contributed by atoms with E-state index >= 15 is 0 Å². The average Bonchev–Trinajstić information content (AvgIpc) is 2.73. The summed E-state index contributed by atoms with van der Waals surface area (Å²) < 4.78 is 5.84. The summed E-state index contributed by atoms with van der Waals surface area (Å²) in [6, 6.07) is 16.5. The third-order valence-corrected chi connectivity index (χ3v) is 5.72. The van der Waals surface area contributed by atoms with Crippen LogP contribution in [0.4, 0.5) is 0 Å². The molecule has 4 heteroatoms. The van der Waals surface area contributed by atoms with Gasteiger partial charge in [-0.25, -0.2) is 0 Å². The number of hydrogen-bond acceptors (Lipinski definition) is 3. The summed E-state index contributed by atoms with van der Waals surface area (Å²) in [5, 5.41) is 3.01. The Morgan fingerprint density at radius 2 is 1.70 bits per heavy atom. The van der Waals surface area contributed by atoms with Gasteiger partial charge in [0, 0.05) is 13.1 Å². The number of hydrogen-bond donors (Lipinski definition) is 1. The highest BCUT2D eigenvalue weighted by molar-refractivity contribution is 5.80. The molecule has 1 atom stereocenters. The third kappa shape index (κ3) is 6.60. The van der Waals surface area contributed by atoms with E-state index < -0.39 is 6.10 Å². The SMILES string of the molecule is CC(Oc1ccc(C(C)(C)C)cc1)C(=O)NCc1cccc(CN2CCCCC2)c1. The van der Waals surface area contributed by atoms with E-state index in [0.717, 1.165) is 12.1 Å². The second-order valence-electron chi connectivity index (χ2n) is 9.41. The third-order valence-electron chi connectivity index (χ3n) is 5.72. The van der Waals surface area contributed by atoms with Gasteiger partial charge in [0.15, 0.2) is 6.10 Å². The predicted molar refractivity (Wildman–Crippen MR) is 123 cm³/mol. The molecule has 1 aliphatic rings. The van der Waals surface area contributed by atoms with Crippen LogP contribution in [0.15, 0.2) is 48.5 Å². The largest absolute Gasteiger partial charge is 0.481 e. The second-order valence-corrected chi connectivity index (χ2v) is 9.41. The van der Waals surface area contributed by atoms with Crippen LogP contribution in [-0.4, -0.2) is 30.0 Å². The molecule has 1 N–H and O–H groups in total. The summed E-state index contributed by atoms with van der Waals surface area (Å²) >= 11 is 0. The quantitative estimate of drug-likeness (QED) is 0.697. The molecule has 1 unspecified atom stereocenters. The number of rotatable bonds is 7. The number of likely N-dealkylation sites (tertiary alicyclic amines) is 1. The molecule has 30 heavy (non-hydrogen) atoms. The van der Waals surface area contributed by atoms with E-state index in [-0.39, 0.29) is 11.3 Å². The first-order valence-electron chi connectivity index (χ1n) is 11.2. The predicted octanol–water partition coefficient (Wildman–Crippen LogP) is 5.05. The zero-order valence-electron chi connectivity index (χ0n) is 18.9. The van der Waals surface area contributed by atoms with Gasteiger partial charge in [0.05, 0.1) is 0 Å². The van der Waals surface area contributed by atoms with Crippen LogP contribution in [0.5, 0.6) is 5.75 Å². The van der Waals surface area contributed by atoms with Crippen LogP contribution in [0, 0.1) is 0 Å². The Morgan fingerprint density at radius 3 is 2.37 bits per heavy atom. The van der Waals surface area contributed by atoms with Crippen LogP contribution in [0.3, 0.4) is 0 Å². The Bertz CT molecular complexity index is 818. The van der Waals surface area contributed by atoms with Crippen LogP contribution in [-0.2, 0) is 23.3 Å². The lowest BCUT2D eigenvalue weighted by Gasteiger charge is -2.26. The van der Waals surface area contributed by atoms with Crippen molar-refractivity contribution in [1.29, 1.82) is 0 Å². The average molecular weight is 409 g/mol. The molecule has 0 bridgehead atoms. The van der Waals surface area contributed by atoms with Crippen molar-refractivity contribution in [3.8, 4) is 5.75 Å². The summed E-state index contributed by atoms with van der Waals surface area (Å²) in [6.45, 7) is 12.2. The van der Waals surface area contributed by atoms with E-state index in [2.05, 4.69) is 67.4 Å². The maximum Gasteiger partial charge on any atom is 0.261 e. The maximum atomic E-state index is 12.5. The van der Waals surface area contributed by atoms with E-state index in [0.29, 0.717) is 12.3 Å². The van der Waals surface area contributed by atoms with Crippen molar-refractivity contribution in [2.75, 3.05) is 13.1 Å². The molecule has 0 aliphatic carbocycles. The lowest BCUT2D eigenvalue weighted by atomic mass is 9.87. The summed E-state index contributed by atoms with van der Waals surface area (Å²) in [6.07, 6.45) is 3.41. The first-order valence-corrected chi connectivity index (χ1v) is 11.2. The molecule has 2 aromatic rings. The number of ether oxygens (including phenoxy) is 1. The molecule has 0 radical (unpaired) electrons. The molecular weight excluding hydrogens is 372 g/mol. The monoisotopic (exact) mass is 408 g/mol. The molecule has 162 valence electrons. The van der Waals surface area contributed by atoms with Crippen molar-refractivity contribution < 1.29 is 9.53 Å². The van der Waals surface area contributed by atoms with E-state index in [1.165, 1.54) is 43.5 Å². The molecule has 4 nitrogen and oxygen atoms in total. The topological polar surface area (TPSA) is 41.6 Å². The van der Waals surface area contributed by atoms with Crippen LogP contribution in [0.1, 0.15) is 63.6 Å².